The number of fused-ring (bicyclic) bond motifs is 3. The van der Waals surface area contributed by atoms with Crippen molar-refractivity contribution >= 4 is 0 Å². The summed E-state index contributed by atoms with van der Waals surface area (Å²) in [6.45, 7) is 5.92. The first-order valence-electron chi connectivity index (χ1n) is 7.76. The zero-order valence-corrected chi connectivity index (χ0v) is 13.8. The molecule has 0 spiro atoms. The van der Waals surface area contributed by atoms with E-state index >= 15 is 0 Å². The van der Waals surface area contributed by atoms with E-state index in [9.17, 15) is 0 Å². The van der Waals surface area contributed by atoms with Crippen molar-refractivity contribution in [2.75, 3.05) is 27.2 Å². The molecule has 2 aromatic rings. The van der Waals surface area contributed by atoms with Crippen LogP contribution in [-0.4, -0.2) is 32.1 Å². The van der Waals surface area contributed by atoms with E-state index in [1.807, 2.05) is 14.1 Å². The lowest BCUT2D eigenvalue weighted by molar-refractivity contribution is 0.261. The predicted octanol–water partition coefficient (Wildman–Crippen LogP) is 3.27. The van der Waals surface area contributed by atoms with Gasteiger partial charge in [-0.05, 0) is 73.5 Å². The van der Waals surface area contributed by atoms with Gasteiger partial charge in [0.1, 0.15) is 12.4 Å². The third kappa shape index (κ3) is 2.51. The second-order valence-corrected chi connectivity index (χ2v) is 6.35. The number of benzene rings is 2. The summed E-state index contributed by atoms with van der Waals surface area (Å²) in [6, 6.07) is 10.6. The monoisotopic (exact) mass is 296 g/mol. The molecule has 0 bridgehead atoms. The summed E-state index contributed by atoms with van der Waals surface area (Å²) < 4.78 is 5.85. The van der Waals surface area contributed by atoms with Crippen LogP contribution in [0.15, 0.2) is 30.3 Å². The quantitative estimate of drug-likeness (QED) is 0.941. The number of nitrogens with two attached hydrogens (primary N) is 1. The second-order valence-electron chi connectivity index (χ2n) is 6.35. The Hall–Kier alpha value is -1.84. The summed E-state index contributed by atoms with van der Waals surface area (Å²) in [7, 11) is 4.09. The van der Waals surface area contributed by atoms with Crippen molar-refractivity contribution in [1.82, 2.24) is 4.90 Å². The Kier molecular flexibility index (Phi) is 3.94. The third-order valence-electron chi connectivity index (χ3n) is 4.54. The SMILES string of the molecule is Cc1ccc2c(c1C)-c1ccc(OCCN(C)C)cc1C2N. The minimum Gasteiger partial charge on any atom is -0.492 e. The number of hydrogen-bond acceptors (Lipinski definition) is 3. The number of hydrogen-bond donors (Lipinski definition) is 1. The van der Waals surface area contributed by atoms with Gasteiger partial charge in [-0.15, -0.1) is 0 Å². The minimum atomic E-state index is -0.0540. The zero-order valence-electron chi connectivity index (χ0n) is 13.8. The molecule has 0 amide bonds. The third-order valence-corrected chi connectivity index (χ3v) is 4.54. The van der Waals surface area contributed by atoms with E-state index in [0.717, 1.165) is 12.3 Å². The van der Waals surface area contributed by atoms with Gasteiger partial charge in [0.15, 0.2) is 0 Å². The highest BCUT2D eigenvalue weighted by Crippen LogP contribution is 2.45. The van der Waals surface area contributed by atoms with Crippen LogP contribution >= 0.6 is 0 Å². The van der Waals surface area contributed by atoms with E-state index in [2.05, 4.69) is 49.1 Å². The van der Waals surface area contributed by atoms with Crippen molar-refractivity contribution in [3.8, 4) is 16.9 Å². The van der Waals surface area contributed by atoms with E-state index in [0.29, 0.717) is 6.61 Å². The van der Waals surface area contributed by atoms with Crippen LogP contribution in [0.3, 0.4) is 0 Å². The molecule has 0 radical (unpaired) electrons. The van der Waals surface area contributed by atoms with E-state index in [1.54, 1.807) is 0 Å². The normalized spacial score (nSPS) is 15.8. The van der Waals surface area contributed by atoms with Gasteiger partial charge in [0, 0.05) is 6.54 Å². The largest absolute Gasteiger partial charge is 0.492 e. The van der Waals surface area contributed by atoms with Crippen molar-refractivity contribution in [3.63, 3.8) is 0 Å². The van der Waals surface area contributed by atoms with Gasteiger partial charge in [0.05, 0.1) is 6.04 Å². The Morgan fingerprint density at radius 3 is 2.59 bits per heavy atom. The maximum absolute atomic E-state index is 6.46. The molecule has 2 N–H and O–H groups in total. The predicted molar refractivity (Wildman–Crippen MR) is 91.4 cm³/mol. The molecule has 3 rings (SSSR count). The van der Waals surface area contributed by atoms with Crippen LogP contribution in [-0.2, 0) is 0 Å². The van der Waals surface area contributed by atoms with Gasteiger partial charge in [0.25, 0.3) is 0 Å². The number of nitrogens with zero attached hydrogens (tertiary/aromatic N) is 1. The Balaban J connectivity index is 1.93. The first kappa shape index (κ1) is 15.1. The number of ether oxygens (including phenoxy) is 1. The fraction of sp³-hybridized carbons (Fsp3) is 0.368. The van der Waals surface area contributed by atoms with Crippen LogP contribution in [0.1, 0.15) is 28.3 Å². The van der Waals surface area contributed by atoms with Gasteiger partial charge in [-0.3, -0.25) is 0 Å². The molecule has 116 valence electrons. The maximum atomic E-state index is 6.46. The molecule has 0 fully saturated rings. The van der Waals surface area contributed by atoms with Crippen molar-refractivity contribution < 1.29 is 4.74 Å². The summed E-state index contributed by atoms with van der Waals surface area (Å²) in [4.78, 5) is 2.11. The molecule has 22 heavy (non-hydrogen) atoms. The van der Waals surface area contributed by atoms with Crippen molar-refractivity contribution in [2.24, 2.45) is 5.73 Å². The highest BCUT2D eigenvalue weighted by molar-refractivity contribution is 5.82. The molecule has 3 heteroatoms. The van der Waals surface area contributed by atoms with E-state index < -0.39 is 0 Å². The molecule has 0 saturated carbocycles. The summed E-state index contributed by atoms with van der Waals surface area (Å²) in [5.74, 6) is 0.901. The molecule has 0 saturated heterocycles. The molecule has 1 aliphatic rings. The summed E-state index contributed by atoms with van der Waals surface area (Å²) in [6.07, 6.45) is 0. The standard InChI is InChI=1S/C19H24N2O/c1-12-5-7-16-18(13(12)2)15-8-6-14(11-17(15)19(16)20)22-10-9-21(3)4/h5-8,11,19H,9-10,20H2,1-4H3. The van der Waals surface area contributed by atoms with Crippen molar-refractivity contribution in [2.45, 2.75) is 19.9 Å². The van der Waals surface area contributed by atoms with Gasteiger partial charge in [-0.25, -0.2) is 0 Å². The highest BCUT2D eigenvalue weighted by Gasteiger charge is 2.28. The lowest BCUT2D eigenvalue weighted by Gasteiger charge is -2.13. The Labute approximate surface area is 132 Å². The van der Waals surface area contributed by atoms with E-state index in [4.69, 9.17) is 10.5 Å². The molecular weight excluding hydrogens is 272 g/mol. The van der Waals surface area contributed by atoms with Crippen molar-refractivity contribution in [3.05, 3.63) is 52.6 Å². The molecule has 1 unspecified atom stereocenters. The fourth-order valence-electron chi connectivity index (χ4n) is 3.08. The molecule has 0 aliphatic heterocycles. The Bertz CT molecular complexity index is 707. The topological polar surface area (TPSA) is 38.5 Å². The summed E-state index contributed by atoms with van der Waals surface area (Å²) in [5.41, 5.74) is 14.1. The Morgan fingerprint density at radius 2 is 1.86 bits per heavy atom. The summed E-state index contributed by atoms with van der Waals surface area (Å²) >= 11 is 0. The first-order chi connectivity index (χ1) is 10.5. The second kappa shape index (κ2) is 5.75. The van der Waals surface area contributed by atoms with Crippen LogP contribution in [0.25, 0.3) is 11.1 Å². The average Bonchev–Trinajstić information content (AvgIpc) is 2.76. The zero-order chi connectivity index (χ0) is 15.9. The van der Waals surface area contributed by atoms with Gasteiger partial charge in [-0.1, -0.05) is 18.2 Å². The van der Waals surface area contributed by atoms with Gasteiger partial charge < -0.3 is 15.4 Å². The van der Waals surface area contributed by atoms with E-state index in [1.165, 1.54) is 33.4 Å². The van der Waals surface area contributed by atoms with Gasteiger partial charge >= 0.3 is 0 Å². The number of rotatable bonds is 4. The lowest BCUT2D eigenvalue weighted by Crippen LogP contribution is -2.19. The van der Waals surface area contributed by atoms with Crippen LogP contribution in [0.5, 0.6) is 5.75 Å². The average molecular weight is 296 g/mol. The molecule has 1 aliphatic carbocycles. The van der Waals surface area contributed by atoms with Gasteiger partial charge in [-0.2, -0.15) is 0 Å². The minimum absolute atomic E-state index is 0.0540. The smallest absolute Gasteiger partial charge is 0.119 e. The molecular formula is C19H24N2O. The first-order valence-corrected chi connectivity index (χ1v) is 7.76. The maximum Gasteiger partial charge on any atom is 0.119 e. The molecule has 3 nitrogen and oxygen atoms in total. The molecule has 2 aromatic carbocycles. The van der Waals surface area contributed by atoms with Crippen LogP contribution < -0.4 is 10.5 Å². The molecule has 0 heterocycles. The number of likely N-dealkylation sites (N-methyl/N-ethyl adjacent to an activating group) is 1. The van der Waals surface area contributed by atoms with Crippen LogP contribution in [0.4, 0.5) is 0 Å². The highest BCUT2D eigenvalue weighted by atomic mass is 16.5. The molecule has 0 aromatic heterocycles. The van der Waals surface area contributed by atoms with E-state index in [-0.39, 0.29) is 6.04 Å². The number of aryl methyl sites for hydroxylation is 1. The lowest BCUT2D eigenvalue weighted by atomic mass is 9.96. The Morgan fingerprint density at radius 1 is 1.09 bits per heavy atom. The van der Waals surface area contributed by atoms with Crippen LogP contribution in [0.2, 0.25) is 0 Å². The molecule has 1 atom stereocenters. The summed E-state index contributed by atoms with van der Waals surface area (Å²) in [5, 5.41) is 0. The van der Waals surface area contributed by atoms with Crippen molar-refractivity contribution in [1.29, 1.82) is 0 Å². The van der Waals surface area contributed by atoms with Gasteiger partial charge in [0.2, 0.25) is 0 Å². The van der Waals surface area contributed by atoms with Crippen LogP contribution in [0, 0.1) is 13.8 Å². The fourth-order valence-corrected chi connectivity index (χ4v) is 3.08.